The van der Waals surface area contributed by atoms with Crippen LogP contribution in [-0.2, 0) is 6.42 Å². The number of carbonyl (C=O) groups is 1. The minimum absolute atomic E-state index is 0.259. The van der Waals surface area contributed by atoms with E-state index < -0.39 is 0 Å². The molecule has 18 heavy (non-hydrogen) atoms. The molecule has 0 aliphatic carbocycles. The summed E-state index contributed by atoms with van der Waals surface area (Å²) >= 11 is 1.19. The van der Waals surface area contributed by atoms with Crippen LogP contribution in [0.3, 0.4) is 0 Å². The zero-order chi connectivity index (χ0) is 13.0. The van der Waals surface area contributed by atoms with Gasteiger partial charge in [-0.1, -0.05) is 16.5 Å². The van der Waals surface area contributed by atoms with Gasteiger partial charge in [-0.3, -0.25) is 4.79 Å². The quantitative estimate of drug-likeness (QED) is 0.800. The molecule has 2 N–H and O–H groups in total. The van der Waals surface area contributed by atoms with Gasteiger partial charge in [-0.05, 0) is 6.92 Å². The van der Waals surface area contributed by atoms with Crippen LogP contribution in [-0.4, -0.2) is 39.8 Å². The lowest BCUT2D eigenvalue weighted by molar-refractivity contribution is 0.0952. The molecule has 0 spiro atoms. The van der Waals surface area contributed by atoms with Gasteiger partial charge in [0.2, 0.25) is 16.0 Å². The average molecular weight is 268 g/mol. The lowest BCUT2D eigenvalue weighted by Gasteiger charge is -1.98. The minimum Gasteiger partial charge on any atom is -0.363 e. The monoisotopic (exact) mass is 268 g/mol. The standard InChI is InChI=1S/C9H12N6O2S/c1-5-12-6(17-15-5)3-4-11-7(16)8-13-14-9(10-2)18-8/h3-4H2,1-2H3,(H,10,14)(H,11,16). The smallest absolute Gasteiger partial charge is 0.282 e. The summed E-state index contributed by atoms with van der Waals surface area (Å²) in [7, 11) is 1.72. The van der Waals surface area contributed by atoms with Gasteiger partial charge in [-0.15, -0.1) is 10.2 Å². The Morgan fingerprint density at radius 3 is 2.89 bits per heavy atom. The molecule has 2 rings (SSSR count). The average Bonchev–Trinajstić information content (AvgIpc) is 2.98. The van der Waals surface area contributed by atoms with Crippen LogP contribution in [0.4, 0.5) is 5.13 Å². The van der Waals surface area contributed by atoms with Gasteiger partial charge in [-0.25, -0.2) is 0 Å². The van der Waals surface area contributed by atoms with E-state index in [4.69, 9.17) is 4.52 Å². The van der Waals surface area contributed by atoms with E-state index in [2.05, 4.69) is 31.0 Å². The topological polar surface area (TPSA) is 106 Å². The van der Waals surface area contributed by atoms with Crippen molar-refractivity contribution in [1.29, 1.82) is 0 Å². The van der Waals surface area contributed by atoms with Gasteiger partial charge >= 0.3 is 0 Å². The third-order valence-corrected chi connectivity index (χ3v) is 2.97. The van der Waals surface area contributed by atoms with E-state index in [9.17, 15) is 4.79 Å². The molecular formula is C9H12N6O2S. The number of anilines is 1. The molecule has 2 heterocycles. The Bertz CT molecular complexity index is 537. The van der Waals surface area contributed by atoms with Crippen molar-refractivity contribution in [2.75, 3.05) is 18.9 Å². The molecule has 0 unspecified atom stereocenters. The molecule has 9 heteroatoms. The molecule has 8 nitrogen and oxygen atoms in total. The fourth-order valence-electron chi connectivity index (χ4n) is 1.22. The summed E-state index contributed by atoms with van der Waals surface area (Å²) < 4.78 is 4.93. The third-order valence-electron chi connectivity index (χ3n) is 2.03. The van der Waals surface area contributed by atoms with Crippen molar-refractivity contribution >= 4 is 22.4 Å². The number of hydrogen-bond donors (Lipinski definition) is 2. The van der Waals surface area contributed by atoms with Crippen molar-refractivity contribution in [2.24, 2.45) is 0 Å². The Morgan fingerprint density at radius 2 is 2.28 bits per heavy atom. The number of hydrogen-bond acceptors (Lipinski definition) is 8. The molecule has 0 radical (unpaired) electrons. The van der Waals surface area contributed by atoms with Gasteiger partial charge in [0.15, 0.2) is 5.82 Å². The number of aromatic nitrogens is 4. The Labute approximate surface area is 107 Å². The van der Waals surface area contributed by atoms with E-state index in [0.29, 0.717) is 34.8 Å². The van der Waals surface area contributed by atoms with Gasteiger partial charge in [0, 0.05) is 20.0 Å². The van der Waals surface area contributed by atoms with Crippen LogP contribution >= 0.6 is 11.3 Å². The maximum atomic E-state index is 11.7. The van der Waals surface area contributed by atoms with Gasteiger partial charge < -0.3 is 15.2 Å². The Hall–Kier alpha value is -2.03. The van der Waals surface area contributed by atoms with Crippen molar-refractivity contribution in [2.45, 2.75) is 13.3 Å². The fraction of sp³-hybridized carbons (Fsp3) is 0.444. The minimum atomic E-state index is -0.259. The predicted octanol–water partition coefficient (Wildman–Crippen LogP) is 0.244. The summed E-state index contributed by atoms with van der Waals surface area (Å²) in [5.41, 5.74) is 0. The van der Waals surface area contributed by atoms with Crippen LogP contribution < -0.4 is 10.6 Å². The Balaban J connectivity index is 1.81. The molecule has 0 aliphatic rings. The largest absolute Gasteiger partial charge is 0.363 e. The van der Waals surface area contributed by atoms with Gasteiger partial charge in [0.25, 0.3) is 5.91 Å². The number of nitrogens with zero attached hydrogens (tertiary/aromatic N) is 4. The second-order valence-electron chi connectivity index (χ2n) is 3.40. The predicted molar refractivity (Wildman–Crippen MR) is 64.5 cm³/mol. The molecule has 2 aromatic heterocycles. The fourth-order valence-corrected chi connectivity index (χ4v) is 1.83. The van der Waals surface area contributed by atoms with E-state index in [0.717, 1.165) is 0 Å². The van der Waals surface area contributed by atoms with E-state index in [1.807, 2.05) is 0 Å². The second kappa shape index (κ2) is 5.54. The highest BCUT2D eigenvalue weighted by Gasteiger charge is 2.12. The Morgan fingerprint density at radius 1 is 1.44 bits per heavy atom. The highest BCUT2D eigenvalue weighted by Crippen LogP contribution is 2.13. The van der Waals surface area contributed by atoms with Crippen molar-refractivity contribution in [3.63, 3.8) is 0 Å². The highest BCUT2D eigenvalue weighted by molar-refractivity contribution is 7.17. The van der Waals surface area contributed by atoms with Gasteiger partial charge in [-0.2, -0.15) is 4.98 Å². The van der Waals surface area contributed by atoms with Crippen LogP contribution in [0.25, 0.3) is 0 Å². The molecule has 0 fully saturated rings. The molecule has 2 aromatic rings. The number of aryl methyl sites for hydroxylation is 1. The lowest BCUT2D eigenvalue weighted by atomic mass is 10.4. The summed E-state index contributed by atoms with van der Waals surface area (Å²) in [6.45, 7) is 2.15. The van der Waals surface area contributed by atoms with E-state index in [1.54, 1.807) is 14.0 Å². The molecule has 0 aromatic carbocycles. The van der Waals surface area contributed by atoms with Crippen LogP contribution in [0.1, 0.15) is 21.5 Å². The molecule has 1 amide bonds. The first-order valence-electron chi connectivity index (χ1n) is 5.27. The lowest BCUT2D eigenvalue weighted by Crippen LogP contribution is -2.25. The normalized spacial score (nSPS) is 10.3. The summed E-state index contributed by atoms with van der Waals surface area (Å²) in [6, 6.07) is 0. The van der Waals surface area contributed by atoms with Crippen LogP contribution in [0.5, 0.6) is 0 Å². The molecule has 0 saturated carbocycles. The number of carbonyl (C=O) groups excluding carboxylic acids is 1. The first-order valence-corrected chi connectivity index (χ1v) is 6.09. The first-order chi connectivity index (χ1) is 8.69. The van der Waals surface area contributed by atoms with Crippen molar-refractivity contribution in [3.05, 3.63) is 16.7 Å². The molecular weight excluding hydrogens is 256 g/mol. The molecule has 0 bridgehead atoms. The number of rotatable bonds is 5. The maximum absolute atomic E-state index is 11.7. The summed E-state index contributed by atoms with van der Waals surface area (Å²) in [4.78, 5) is 15.7. The molecule has 0 saturated heterocycles. The van der Waals surface area contributed by atoms with Crippen molar-refractivity contribution in [1.82, 2.24) is 25.7 Å². The van der Waals surface area contributed by atoms with E-state index >= 15 is 0 Å². The highest BCUT2D eigenvalue weighted by atomic mass is 32.1. The van der Waals surface area contributed by atoms with Crippen molar-refractivity contribution in [3.8, 4) is 0 Å². The molecule has 0 atom stereocenters. The summed E-state index contributed by atoms with van der Waals surface area (Å²) in [5, 5.41) is 17.7. The maximum Gasteiger partial charge on any atom is 0.282 e. The SMILES string of the molecule is CNc1nnc(C(=O)NCCc2nc(C)no2)s1. The zero-order valence-electron chi connectivity index (χ0n) is 9.93. The van der Waals surface area contributed by atoms with Crippen molar-refractivity contribution < 1.29 is 9.32 Å². The number of amides is 1. The van der Waals surface area contributed by atoms with Crippen LogP contribution in [0, 0.1) is 6.92 Å². The first kappa shape index (κ1) is 12.4. The second-order valence-corrected chi connectivity index (χ2v) is 4.38. The Kier molecular flexibility index (Phi) is 3.82. The zero-order valence-corrected chi connectivity index (χ0v) is 10.7. The molecule has 96 valence electrons. The molecule has 0 aliphatic heterocycles. The van der Waals surface area contributed by atoms with Crippen LogP contribution in [0.2, 0.25) is 0 Å². The summed E-state index contributed by atoms with van der Waals surface area (Å²) in [6.07, 6.45) is 0.490. The summed E-state index contributed by atoms with van der Waals surface area (Å²) in [5.74, 6) is 0.824. The third kappa shape index (κ3) is 3.00. The van der Waals surface area contributed by atoms with Crippen LogP contribution in [0.15, 0.2) is 4.52 Å². The van der Waals surface area contributed by atoms with E-state index in [-0.39, 0.29) is 5.91 Å². The number of nitrogens with one attached hydrogen (secondary N) is 2. The van der Waals surface area contributed by atoms with Gasteiger partial charge in [0.05, 0.1) is 0 Å². The van der Waals surface area contributed by atoms with Gasteiger partial charge in [0.1, 0.15) is 0 Å². The van der Waals surface area contributed by atoms with E-state index in [1.165, 1.54) is 11.3 Å².